The Bertz CT molecular complexity index is 1240. The molecule has 1 saturated heterocycles. The van der Waals surface area contributed by atoms with Gasteiger partial charge in [-0.2, -0.15) is 5.26 Å². The highest BCUT2D eigenvalue weighted by molar-refractivity contribution is 5.81. The van der Waals surface area contributed by atoms with Gasteiger partial charge in [0.2, 0.25) is 5.95 Å². The maximum Gasteiger partial charge on any atom is 0.263 e. The Morgan fingerprint density at radius 3 is 2.53 bits per heavy atom. The second-order valence-electron chi connectivity index (χ2n) is 8.23. The molecule has 0 bridgehead atoms. The monoisotopic (exact) mass is 432 g/mol. The van der Waals surface area contributed by atoms with Crippen molar-refractivity contribution >= 4 is 5.95 Å². The summed E-state index contributed by atoms with van der Waals surface area (Å²) in [5.41, 5.74) is 1.64. The van der Waals surface area contributed by atoms with Crippen molar-refractivity contribution < 1.29 is 9.13 Å². The molecular formula is C25H25FN4O2. The van der Waals surface area contributed by atoms with Gasteiger partial charge in [0.25, 0.3) is 5.56 Å². The molecule has 0 saturated carbocycles. The lowest BCUT2D eigenvalue weighted by atomic mass is 9.98. The van der Waals surface area contributed by atoms with E-state index in [0.29, 0.717) is 40.0 Å². The van der Waals surface area contributed by atoms with Gasteiger partial charge in [0.15, 0.2) is 0 Å². The summed E-state index contributed by atoms with van der Waals surface area (Å²) < 4.78 is 21.3. The summed E-state index contributed by atoms with van der Waals surface area (Å²) in [6.07, 6.45) is 2.17. The molecule has 6 nitrogen and oxygen atoms in total. The van der Waals surface area contributed by atoms with E-state index in [0.717, 1.165) is 25.9 Å². The molecule has 32 heavy (non-hydrogen) atoms. The van der Waals surface area contributed by atoms with Gasteiger partial charge in [-0.3, -0.25) is 9.36 Å². The van der Waals surface area contributed by atoms with Crippen LogP contribution < -0.4 is 15.2 Å². The number of ether oxygens (including phenoxy) is 1. The van der Waals surface area contributed by atoms with E-state index in [1.807, 2.05) is 6.07 Å². The van der Waals surface area contributed by atoms with Crippen LogP contribution in [0.15, 0.2) is 47.3 Å². The molecule has 1 aliphatic heterocycles. The summed E-state index contributed by atoms with van der Waals surface area (Å²) in [5, 5.41) is 9.10. The fourth-order valence-electron chi connectivity index (χ4n) is 4.22. The van der Waals surface area contributed by atoms with E-state index in [-0.39, 0.29) is 11.1 Å². The van der Waals surface area contributed by atoms with Crippen LogP contribution in [0.3, 0.4) is 0 Å². The number of benzene rings is 2. The van der Waals surface area contributed by atoms with Gasteiger partial charge >= 0.3 is 0 Å². The molecule has 1 fully saturated rings. The van der Waals surface area contributed by atoms with Gasteiger partial charge in [-0.05, 0) is 48.6 Å². The number of anilines is 1. The Kier molecular flexibility index (Phi) is 5.95. The molecule has 164 valence electrons. The second-order valence-corrected chi connectivity index (χ2v) is 8.23. The first-order valence-corrected chi connectivity index (χ1v) is 10.6. The summed E-state index contributed by atoms with van der Waals surface area (Å²) in [6.45, 7) is 3.81. The lowest BCUT2D eigenvalue weighted by Gasteiger charge is -2.33. The second kappa shape index (κ2) is 8.83. The standard InChI is InChI=1S/C25H25FN4O2/c1-16-5-4-12-30(15-16)25-28-23(18-6-7-19(14-27)21(26)13-18)22(24(31)29(25)2)17-8-10-20(32-3)11-9-17/h6-11,13,16H,4-5,12,15H2,1-3H3/t16-/m1/s1. The van der Waals surface area contributed by atoms with E-state index >= 15 is 0 Å². The van der Waals surface area contributed by atoms with Crippen LogP contribution in [0.2, 0.25) is 0 Å². The molecule has 0 aliphatic carbocycles. The largest absolute Gasteiger partial charge is 0.497 e. The molecule has 7 heteroatoms. The topological polar surface area (TPSA) is 71.2 Å². The normalized spacial score (nSPS) is 16.0. The first-order chi connectivity index (χ1) is 15.4. The Morgan fingerprint density at radius 1 is 1.19 bits per heavy atom. The number of nitrogens with zero attached hydrogens (tertiary/aromatic N) is 4. The number of methoxy groups -OCH3 is 1. The first-order valence-electron chi connectivity index (χ1n) is 10.6. The highest BCUT2D eigenvalue weighted by Crippen LogP contribution is 2.32. The van der Waals surface area contributed by atoms with Crippen LogP contribution in [0.4, 0.5) is 10.3 Å². The highest BCUT2D eigenvalue weighted by atomic mass is 19.1. The van der Waals surface area contributed by atoms with Gasteiger partial charge in [-0.25, -0.2) is 9.37 Å². The summed E-state index contributed by atoms with van der Waals surface area (Å²) in [7, 11) is 3.30. The van der Waals surface area contributed by atoms with E-state index in [9.17, 15) is 9.18 Å². The molecule has 4 rings (SSSR count). The smallest absolute Gasteiger partial charge is 0.263 e. The fraction of sp³-hybridized carbons (Fsp3) is 0.320. The van der Waals surface area contributed by atoms with Gasteiger partial charge in [-0.1, -0.05) is 25.1 Å². The summed E-state index contributed by atoms with van der Waals surface area (Å²) in [4.78, 5) is 20.6. The van der Waals surface area contributed by atoms with Crippen molar-refractivity contribution in [2.45, 2.75) is 19.8 Å². The average Bonchev–Trinajstić information content (AvgIpc) is 2.80. The van der Waals surface area contributed by atoms with Crippen molar-refractivity contribution in [1.29, 1.82) is 5.26 Å². The van der Waals surface area contributed by atoms with Crippen LogP contribution in [0.1, 0.15) is 25.3 Å². The molecule has 3 aromatic rings. The summed E-state index contributed by atoms with van der Waals surface area (Å²) in [6, 6.07) is 13.3. The maximum absolute atomic E-state index is 14.5. The zero-order valence-electron chi connectivity index (χ0n) is 18.4. The minimum Gasteiger partial charge on any atom is -0.497 e. The van der Waals surface area contributed by atoms with Crippen molar-refractivity contribution in [3.8, 4) is 34.2 Å². The van der Waals surface area contributed by atoms with Gasteiger partial charge in [0.05, 0.1) is 23.9 Å². The van der Waals surface area contributed by atoms with E-state index in [1.165, 1.54) is 12.1 Å². The Labute approximate surface area is 186 Å². The zero-order valence-corrected chi connectivity index (χ0v) is 18.4. The first kappa shape index (κ1) is 21.6. The molecule has 1 atom stereocenters. The maximum atomic E-state index is 14.5. The predicted octanol–water partition coefficient (Wildman–Crippen LogP) is 4.37. The fourth-order valence-corrected chi connectivity index (χ4v) is 4.22. The number of hydrogen-bond acceptors (Lipinski definition) is 5. The van der Waals surface area contributed by atoms with Gasteiger partial charge in [0, 0.05) is 25.7 Å². The van der Waals surface area contributed by atoms with Crippen molar-refractivity contribution in [2.75, 3.05) is 25.1 Å². The van der Waals surface area contributed by atoms with Crippen molar-refractivity contribution in [2.24, 2.45) is 13.0 Å². The molecule has 1 aliphatic rings. The lowest BCUT2D eigenvalue weighted by Crippen LogP contribution is -2.39. The number of nitriles is 1. The van der Waals surface area contributed by atoms with E-state index in [2.05, 4.69) is 11.8 Å². The lowest BCUT2D eigenvalue weighted by molar-refractivity contribution is 0.415. The molecule has 0 N–H and O–H groups in total. The van der Waals surface area contributed by atoms with Crippen LogP contribution in [0.5, 0.6) is 5.75 Å². The SMILES string of the molecule is COc1ccc(-c2c(-c3ccc(C#N)c(F)c3)nc(N3CCC[C@@H](C)C3)n(C)c2=O)cc1. The zero-order chi connectivity index (χ0) is 22.8. The minimum absolute atomic E-state index is 0.0475. The molecule has 0 amide bonds. The number of rotatable bonds is 4. The van der Waals surface area contributed by atoms with Crippen molar-refractivity contribution in [3.05, 3.63) is 64.2 Å². The highest BCUT2D eigenvalue weighted by Gasteiger charge is 2.24. The van der Waals surface area contributed by atoms with Crippen LogP contribution in [-0.2, 0) is 7.05 Å². The molecule has 2 aromatic carbocycles. The number of piperidine rings is 1. The molecule has 0 radical (unpaired) electrons. The third-order valence-corrected chi connectivity index (χ3v) is 5.95. The van der Waals surface area contributed by atoms with Crippen LogP contribution in [0.25, 0.3) is 22.4 Å². The molecule has 0 unspecified atom stereocenters. The predicted molar refractivity (Wildman–Crippen MR) is 122 cm³/mol. The third kappa shape index (κ3) is 3.96. The number of aromatic nitrogens is 2. The number of hydrogen-bond donors (Lipinski definition) is 0. The Morgan fingerprint density at radius 2 is 1.91 bits per heavy atom. The minimum atomic E-state index is -0.638. The Hall–Kier alpha value is -3.66. The Balaban J connectivity index is 1.95. The van der Waals surface area contributed by atoms with Gasteiger partial charge in [0.1, 0.15) is 17.6 Å². The van der Waals surface area contributed by atoms with Crippen LogP contribution in [0, 0.1) is 23.1 Å². The average molecular weight is 432 g/mol. The van der Waals surface area contributed by atoms with E-state index in [4.69, 9.17) is 15.0 Å². The molecule has 0 spiro atoms. The molecule has 2 heterocycles. The van der Waals surface area contributed by atoms with E-state index in [1.54, 1.807) is 49.1 Å². The van der Waals surface area contributed by atoms with Gasteiger partial charge < -0.3 is 9.64 Å². The molecule has 1 aromatic heterocycles. The summed E-state index contributed by atoms with van der Waals surface area (Å²) in [5.74, 6) is 1.10. The quantitative estimate of drug-likeness (QED) is 0.612. The summed E-state index contributed by atoms with van der Waals surface area (Å²) >= 11 is 0. The van der Waals surface area contributed by atoms with Crippen LogP contribution >= 0.6 is 0 Å². The number of halogens is 1. The van der Waals surface area contributed by atoms with Crippen molar-refractivity contribution in [3.63, 3.8) is 0 Å². The third-order valence-electron chi connectivity index (χ3n) is 5.95. The van der Waals surface area contributed by atoms with Crippen molar-refractivity contribution in [1.82, 2.24) is 9.55 Å². The molecular weight excluding hydrogens is 407 g/mol. The van der Waals surface area contributed by atoms with Gasteiger partial charge in [-0.15, -0.1) is 0 Å². The van der Waals surface area contributed by atoms with Crippen LogP contribution in [-0.4, -0.2) is 29.8 Å². The van der Waals surface area contributed by atoms with E-state index < -0.39 is 5.82 Å².